The van der Waals surface area contributed by atoms with Gasteiger partial charge in [-0.2, -0.15) is 4.98 Å². The van der Waals surface area contributed by atoms with Crippen molar-refractivity contribution in [1.82, 2.24) is 9.97 Å². The van der Waals surface area contributed by atoms with E-state index in [1.165, 1.54) is 70.6 Å². The van der Waals surface area contributed by atoms with Gasteiger partial charge in [0.15, 0.2) is 0 Å². The summed E-state index contributed by atoms with van der Waals surface area (Å²) in [7, 11) is 0. The molecular formula is C26H47N3O2. The van der Waals surface area contributed by atoms with Crippen molar-refractivity contribution in [3.8, 4) is 11.6 Å². The van der Waals surface area contributed by atoms with Gasteiger partial charge in [0.25, 0.3) is 5.88 Å². The quantitative estimate of drug-likeness (QED) is 0.245. The highest BCUT2D eigenvalue weighted by molar-refractivity contribution is 5.43. The van der Waals surface area contributed by atoms with E-state index in [-0.39, 0.29) is 28.3 Å². The van der Waals surface area contributed by atoms with Crippen LogP contribution in [0.5, 0.6) is 11.6 Å². The average molecular weight is 440 g/mol. The van der Waals surface area contributed by atoms with Gasteiger partial charge >= 0.3 is 0 Å². The lowest BCUT2D eigenvalue weighted by Gasteiger charge is -2.26. The first-order valence-corrected chi connectivity index (χ1v) is 12.6. The third-order valence-electron chi connectivity index (χ3n) is 6.21. The number of aromatic hydroxyl groups is 1. The molecule has 1 aromatic heterocycles. The van der Waals surface area contributed by atoms with E-state index >= 15 is 0 Å². The Morgan fingerprint density at radius 3 is 1.90 bits per heavy atom. The number of rotatable bonds is 18. The second-order valence-electron chi connectivity index (χ2n) is 8.98. The van der Waals surface area contributed by atoms with E-state index in [0.717, 1.165) is 38.5 Å². The molecule has 0 atom stereocenters. The molecule has 2 rings (SSSR count). The summed E-state index contributed by atoms with van der Waals surface area (Å²) in [6, 6.07) is 0. The summed E-state index contributed by atoms with van der Waals surface area (Å²) >= 11 is 0. The summed E-state index contributed by atoms with van der Waals surface area (Å²) in [5, 5.41) is 10.7. The highest BCUT2D eigenvalue weighted by Gasteiger charge is 2.23. The molecule has 0 aliphatic heterocycles. The fraction of sp³-hybridized carbons (Fsp3) is 0.846. The molecule has 1 fully saturated rings. The molecule has 1 aliphatic carbocycles. The predicted octanol–water partition coefficient (Wildman–Crippen LogP) is 7.20. The van der Waals surface area contributed by atoms with Crippen LogP contribution in [-0.4, -0.2) is 35.1 Å². The first-order chi connectivity index (χ1) is 17.5. The number of aryl methyl sites for hydroxylation is 1. The van der Waals surface area contributed by atoms with E-state index in [2.05, 4.69) is 16.9 Å². The molecule has 0 bridgehead atoms. The zero-order chi connectivity index (χ0) is 27.3. The maximum absolute atomic E-state index is 10.7. The molecule has 1 aromatic rings. The van der Waals surface area contributed by atoms with Crippen LogP contribution in [0.4, 0.5) is 5.95 Å². The molecular weight excluding hydrogens is 386 g/mol. The number of hydrogen-bond donors (Lipinski definition) is 1. The highest BCUT2D eigenvalue weighted by Crippen LogP contribution is 2.34. The van der Waals surface area contributed by atoms with Gasteiger partial charge in [0.1, 0.15) is 6.10 Å². The average Bonchev–Trinajstić information content (AvgIpc) is 2.76. The SMILES string of the molecule is [2H]C([2H])([2H])N(c1nc(CCCCCCCCCCCCCCCC)c(O)c(OC2CCC2)n1)C([2H])([2H])[2H]. The molecule has 1 aliphatic rings. The van der Waals surface area contributed by atoms with E-state index in [9.17, 15) is 5.11 Å². The largest absolute Gasteiger partial charge is 0.502 e. The van der Waals surface area contributed by atoms with Crippen LogP contribution in [-0.2, 0) is 6.42 Å². The second-order valence-corrected chi connectivity index (χ2v) is 8.98. The molecule has 5 nitrogen and oxygen atoms in total. The Kier molecular flexibility index (Phi) is 8.87. The highest BCUT2D eigenvalue weighted by atomic mass is 16.5. The minimum Gasteiger partial charge on any atom is -0.502 e. The molecule has 0 spiro atoms. The van der Waals surface area contributed by atoms with Crippen molar-refractivity contribution in [3.05, 3.63) is 5.69 Å². The Hall–Kier alpha value is -1.52. The van der Waals surface area contributed by atoms with E-state index in [1.54, 1.807) is 0 Å². The number of nitrogens with zero attached hydrogens (tertiary/aromatic N) is 3. The van der Waals surface area contributed by atoms with Crippen molar-refractivity contribution in [1.29, 1.82) is 0 Å². The van der Waals surface area contributed by atoms with Crippen LogP contribution >= 0.6 is 0 Å². The molecule has 178 valence electrons. The summed E-state index contributed by atoms with van der Waals surface area (Å²) in [6.45, 7) is -3.69. The first-order valence-electron chi connectivity index (χ1n) is 15.6. The second kappa shape index (κ2) is 15.3. The summed E-state index contributed by atoms with van der Waals surface area (Å²) in [6.07, 6.45) is 20.1. The monoisotopic (exact) mass is 439 g/mol. The van der Waals surface area contributed by atoms with Crippen LogP contribution in [0.1, 0.15) is 130 Å². The maximum atomic E-state index is 10.7. The standard InChI is InChI=1S/C26H47N3O2/c1-4-5-6-7-8-9-10-11-12-13-14-15-16-17-21-23-24(30)25(31-22-19-18-20-22)28-26(27-23)29(2)3/h22,30H,4-21H2,1-3H3/i2D3,3D3. The van der Waals surface area contributed by atoms with Crippen molar-refractivity contribution >= 4 is 5.95 Å². The van der Waals surface area contributed by atoms with Gasteiger partial charge in [-0.25, -0.2) is 4.98 Å². The maximum Gasteiger partial charge on any atom is 0.262 e. The van der Waals surface area contributed by atoms with Crippen molar-refractivity contribution < 1.29 is 18.1 Å². The summed E-state index contributed by atoms with van der Waals surface area (Å²) in [4.78, 5) is 8.46. The summed E-state index contributed by atoms with van der Waals surface area (Å²) in [5.41, 5.74) is 0.233. The molecule has 31 heavy (non-hydrogen) atoms. The Balaban J connectivity index is 1.83. The number of unbranched alkanes of at least 4 members (excludes halogenated alkanes) is 13. The fourth-order valence-corrected chi connectivity index (χ4v) is 3.96. The van der Waals surface area contributed by atoms with Gasteiger partial charge in [0.05, 0.1) is 5.69 Å². The van der Waals surface area contributed by atoms with Crippen molar-refractivity contribution in [2.75, 3.05) is 18.9 Å². The van der Waals surface area contributed by atoms with Gasteiger partial charge in [0.2, 0.25) is 11.7 Å². The van der Waals surface area contributed by atoms with Gasteiger partial charge in [0, 0.05) is 22.2 Å². The molecule has 0 unspecified atom stereocenters. The van der Waals surface area contributed by atoms with E-state index in [4.69, 9.17) is 13.0 Å². The number of aromatic nitrogens is 2. The lowest BCUT2D eigenvalue weighted by Crippen LogP contribution is -2.25. The molecule has 1 N–H and O–H groups in total. The van der Waals surface area contributed by atoms with Crippen LogP contribution < -0.4 is 9.64 Å². The van der Waals surface area contributed by atoms with Gasteiger partial charge < -0.3 is 14.7 Å². The summed E-state index contributed by atoms with van der Waals surface area (Å²) in [5.74, 6) is -0.817. The normalized spacial score (nSPS) is 17.6. The Morgan fingerprint density at radius 2 is 1.42 bits per heavy atom. The molecule has 1 heterocycles. The van der Waals surface area contributed by atoms with Crippen molar-refractivity contribution in [2.45, 2.75) is 129 Å². The van der Waals surface area contributed by atoms with E-state index < -0.39 is 19.9 Å². The molecule has 0 aromatic carbocycles. The van der Waals surface area contributed by atoms with Crippen LogP contribution in [0.3, 0.4) is 0 Å². The Morgan fingerprint density at radius 1 is 0.871 bits per heavy atom. The molecule has 0 radical (unpaired) electrons. The fourth-order valence-electron chi connectivity index (χ4n) is 3.96. The van der Waals surface area contributed by atoms with Crippen LogP contribution in [0.2, 0.25) is 0 Å². The minimum atomic E-state index is -2.97. The van der Waals surface area contributed by atoms with Crippen LogP contribution in [0.15, 0.2) is 0 Å². The van der Waals surface area contributed by atoms with Crippen molar-refractivity contribution in [3.63, 3.8) is 0 Å². The third kappa shape index (κ3) is 10.1. The zero-order valence-corrected chi connectivity index (χ0v) is 19.5. The Labute approximate surface area is 199 Å². The van der Waals surface area contributed by atoms with Gasteiger partial charge in [-0.05, 0) is 32.1 Å². The number of anilines is 1. The van der Waals surface area contributed by atoms with Gasteiger partial charge in [-0.15, -0.1) is 0 Å². The third-order valence-corrected chi connectivity index (χ3v) is 6.21. The van der Waals surface area contributed by atoms with Crippen LogP contribution in [0.25, 0.3) is 0 Å². The molecule has 5 heteroatoms. The predicted molar refractivity (Wildman–Crippen MR) is 130 cm³/mol. The lowest BCUT2D eigenvalue weighted by atomic mass is 9.96. The van der Waals surface area contributed by atoms with Gasteiger partial charge in [-0.1, -0.05) is 90.4 Å². The number of ether oxygens (including phenoxy) is 1. The van der Waals surface area contributed by atoms with E-state index in [0.29, 0.717) is 6.42 Å². The zero-order valence-electron chi connectivity index (χ0n) is 25.5. The minimum absolute atomic E-state index is 0.114. The molecule has 1 saturated carbocycles. The molecule has 0 amide bonds. The van der Waals surface area contributed by atoms with Crippen molar-refractivity contribution in [2.24, 2.45) is 0 Å². The smallest absolute Gasteiger partial charge is 0.262 e. The van der Waals surface area contributed by atoms with E-state index in [1.807, 2.05) is 0 Å². The number of hydrogen-bond acceptors (Lipinski definition) is 5. The first kappa shape index (κ1) is 18.0. The topological polar surface area (TPSA) is 58.5 Å². The Bertz CT molecular complexity index is 771. The molecule has 0 saturated heterocycles. The van der Waals surface area contributed by atoms with Crippen LogP contribution in [0, 0.1) is 0 Å². The summed E-state index contributed by atoms with van der Waals surface area (Å²) < 4.78 is 52.0. The lowest BCUT2D eigenvalue weighted by molar-refractivity contribution is 0.110. The van der Waals surface area contributed by atoms with Gasteiger partial charge in [-0.3, -0.25) is 0 Å².